The van der Waals surface area contributed by atoms with Crippen molar-refractivity contribution in [3.05, 3.63) is 92.0 Å². The summed E-state index contributed by atoms with van der Waals surface area (Å²) in [5.74, 6) is 4.07. The van der Waals surface area contributed by atoms with Crippen molar-refractivity contribution >= 4 is 29.0 Å². The largest absolute Gasteiger partial charge is 0.457 e. The van der Waals surface area contributed by atoms with Gasteiger partial charge in [-0.15, -0.1) is 0 Å². The van der Waals surface area contributed by atoms with Crippen molar-refractivity contribution < 1.29 is 4.74 Å². The Morgan fingerprint density at radius 1 is 0.931 bits per heavy atom. The predicted molar refractivity (Wildman–Crippen MR) is 118 cm³/mol. The molecule has 3 aromatic rings. The average Bonchev–Trinajstić information content (AvgIpc) is 2.75. The number of hydrogen-bond acceptors (Lipinski definition) is 7. The van der Waals surface area contributed by atoms with E-state index in [9.17, 15) is 0 Å². The molecule has 0 bridgehead atoms. The summed E-state index contributed by atoms with van der Waals surface area (Å²) in [5.41, 5.74) is 0.866. The molecule has 0 saturated heterocycles. The molecule has 3 N–H and O–H groups in total. The van der Waals surface area contributed by atoms with Gasteiger partial charge in [-0.2, -0.15) is 0 Å². The smallest absolute Gasteiger partial charge is 0.137 e. The molecule has 0 aliphatic carbocycles. The van der Waals surface area contributed by atoms with Crippen LogP contribution in [0.3, 0.4) is 0 Å². The Kier molecular flexibility index (Phi) is 6.57. The van der Waals surface area contributed by atoms with E-state index in [4.69, 9.17) is 4.74 Å². The first-order valence-electron chi connectivity index (χ1n) is 8.94. The van der Waals surface area contributed by atoms with Crippen molar-refractivity contribution in [1.29, 1.82) is 0 Å². The first-order valence-corrected chi connectivity index (χ1v) is 8.94. The summed E-state index contributed by atoms with van der Waals surface area (Å²) in [4.78, 5) is 12.9. The molecule has 0 radical (unpaired) electrons. The molecule has 146 valence electrons. The third kappa shape index (κ3) is 5.67. The lowest BCUT2D eigenvalue weighted by molar-refractivity contribution is 0.445. The number of nitrogens with zero attached hydrogens (tertiary/aromatic N) is 3. The Bertz CT molecular complexity index is 1010. The highest BCUT2D eigenvalue weighted by Crippen LogP contribution is 2.22. The van der Waals surface area contributed by atoms with E-state index < -0.39 is 0 Å². The second-order valence-corrected chi connectivity index (χ2v) is 5.83. The zero-order valence-corrected chi connectivity index (χ0v) is 16.1. The molecule has 0 spiro atoms. The van der Waals surface area contributed by atoms with E-state index >= 15 is 0 Å². The van der Waals surface area contributed by atoms with Crippen LogP contribution >= 0.6 is 0 Å². The van der Waals surface area contributed by atoms with Crippen molar-refractivity contribution in [3.63, 3.8) is 0 Å². The maximum atomic E-state index is 5.71. The van der Waals surface area contributed by atoms with Gasteiger partial charge in [0.2, 0.25) is 0 Å². The number of nitrogens with one attached hydrogen (secondary N) is 3. The monoisotopic (exact) mass is 386 g/mol. The first-order chi connectivity index (χ1) is 14.2. The summed E-state index contributed by atoms with van der Waals surface area (Å²) in [5, 5.41) is 9.41. The van der Waals surface area contributed by atoms with Gasteiger partial charge in [-0.25, -0.2) is 15.0 Å². The molecule has 7 heteroatoms. The van der Waals surface area contributed by atoms with Gasteiger partial charge in [-0.3, -0.25) is 0 Å². The average molecular weight is 386 g/mol. The lowest BCUT2D eigenvalue weighted by Gasteiger charge is -2.10. The number of pyridine rings is 1. The zero-order valence-electron chi connectivity index (χ0n) is 16.1. The number of anilines is 5. The zero-order chi connectivity index (χ0) is 20.5. The van der Waals surface area contributed by atoms with Gasteiger partial charge in [0.1, 0.15) is 41.1 Å². The summed E-state index contributed by atoms with van der Waals surface area (Å²) in [6.45, 7) is 7.37. The Hall–Kier alpha value is -4.13. The van der Waals surface area contributed by atoms with Crippen molar-refractivity contribution in [2.45, 2.75) is 0 Å². The van der Waals surface area contributed by atoms with Crippen molar-refractivity contribution in [1.82, 2.24) is 15.0 Å². The van der Waals surface area contributed by atoms with Gasteiger partial charge in [-0.05, 0) is 48.6 Å². The maximum absolute atomic E-state index is 5.71. The molecule has 0 fully saturated rings. The standard InChI is InChI=1S/C22H22N6O/c1-4-7-17(5-2)29-18-12-10-16(11-13-18)26-21-14-22(25-15-24-21)28-20-9-6-8-19(23-3)27-20/h4-15H,1-2H2,3H3,(H3,23,24,25,26,27,28). The fraction of sp³-hybridized carbons (Fsp3) is 0.0455. The van der Waals surface area contributed by atoms with E-state index in [0.29, 0.717) is 29.0 Å². The summed E-state index contributed by atoms with van der Waals surface area (Å²) >= 11 is 0. The van der Waals surface area contributed by atoms with E-state index in [2.05, 4.69) is 44.1 Å². The van der Waals surface area contributed by atoms with Crippen LogP contribution < -0.4 is 20.7 Å². The molecule has 3 rings (SSSR count). The molecule has 2 heterocycles. The minimum Gasteiger partial charge on any atom is -0.457 e. The number of ether oxygens (including phenoxy) is 1. The summed E-state index contributed by atoms with van der Waals surface area (Å²) in [6.07, 6.45) is 6.51. The Morgan fingerprint density at radius 3 is 2.34 bits per heavy atom. The predicted octanol–water partition coefficient (Wildman–Crippen LogP) is 5.04. The lowest BCUT2D eigenvalue weighted by atomic mass is 10.3. The molecule has 1 aromatic carbocycles. The molecule has 0 atom stereocenters. The Morgan fingerprint density at radius 2 is 1.66 bits per heavy atom. The van der Waals surface area contributed by atoms with Crippen LogP contribution in [-0.4, -0.2) is 22.0 Å². The highest BCUT2D eigenvalue weighted by molar-refractivity contribution is 5.62. The maximum Gasteiger partial charge on any atom is 0.137 e. The van der Waals surface area contributed by atoms with Crippen LogP contribution in [0.5, 0.6) is 5.75 Å². The van der Waals surface area contributed by atoms with Crippen LogP contribution in [0.25, 0.3) is 0 Å². The van der Waals surface area contributed by atoms with Crippen molar-refractivity contribution in [2.75, 3.05) is 23.0 Å². The minimum atomic E-state index is 0.628. The minimum absolute atomic E-state index is 0.628. The van der Waals surface area contributed by atoms with Crippen LogP contribution in [0, 0.1) is 0 Å². The van der Waals surface area contributed by atoms with Gasteiger partial charge in [0.15, 0.2) is 0 Å². The number of allylic oxidation sites excluding steroid dienone is 3. The summed E-state index contributed by atoms with van der Waals surface area (Å²) in [7, 11) is 1.82. The van der Waals surface area contributed by atoms with Gasteiger partial charge >= 0.3 is 0 Å². The van der Waals surface area contributed by atoms with Crippen LogP contribution in [0.1, 0.15) is 0 Å². The molecule has 0 aliphatic heterocycles. The molecular formula is C22H22N6O. The second-order valence-electron chi connectivity index (χ2n) is 5.83. The van der Waals surface area contributed by atoms with E-state index in [1.165, 1.54) is 6.33 Å². The number of rotatable bonds is 9. The third-order valence-electron chi connectivity index (χ3n) is 3.77. The normalized spacial score (nSPS) is 10.7. The van der Waals surface area contributed by atoms with E-state index in [0.717, 1.165) is 11.5 Å². The molecule has 0 saturated carbocycles. The van der Waals surface area contributed by atoms with Crippen molar-refractivity contribution in [2.24, 2.45) is 0 Å². The SMILES string of the molecule is C=CC=C(C=C)Oc1ccc(Nc2cc(Nc3cccc(NC)n3)ncn2)cc1. The first kappa shape index (κ1) is 19.6. The molecule has 29 heavy (non-hydrogen) atoms. The quantitative estimate of drug-likeness (QED) is 0.351. The van der Waals surface area contributed by atoms with Gasteiger partial charge in [0, 0.05) is 18.8 Å². The van der Waals surface area contributed by atoms with E-state index in [1.807, 2.05) is 49.5 Å². The van der Waals surface area contributed by atoms with Crippen LogP contribution in [0.15, 0.2) is 92.0 Å². The van der Waals surface area contributed by atoms with Gasteiger partial charge in [-0.1, -0.05) is 25.3 Å². The van der Waals surface area contributed by atoms with Gasteiger partial charge in [0.25, 0.3) is 0 Å². The summed E-state index contributed by atoms with van der Waals surface area (Å²) < 4.78 is 5.71. The Labute approximate surface area is 169 Å². The molecule has 0 aliphatic rings. The van der Waals surface area contributed by atoms with E-state index in [-0.39, 0.29) is 0 Å². The molecular weight excluding hydrogens is 364 g/mol. The third-order valence-corrected chi connectivity index (χ3v) is 3.77. The van der Waals surface area contributed by atoms with Gasteiger partial charge in [0.05, 0.1) is 0 Å². The fourth-order valence-corrected chi connectivity index (χ4v) is 2.42. The molecule has 0 amide bonds. The summed E-state index contributed by atoms with van der Waals surface area (Å²) in [6, 6.07) is 15.0. The van der Waals surface area contributed by atoms with Crippen LogP contribution in [0.4, 0.5) is 29.0 Å². The lowest BCUT2D eigenvalue weighted by Crippen LogP contribution is -2.01. The van der Waals surface area contributed by atoms with Gasteiger partial charge < -0.3 is 20.7 Å². The highest BCUT2D eigenvalue weighted by atomic mass is 16.5. The van der Waals surface area contributed by atoms with Crippen LogP contribution in [0.2, 0.25) is 0 Å². The molecule has 7 nitrogen and oxygen atoms in total. The highest BCUT2D eigenvalue weighted by Gasteiger charge is 2.03. The molecule has 0 unspecified atom stereocenters. The van der Waals surface area contributed by atoms with E-state index in [1.54, 1.807) is 24.3 Å². The topological polar surface area (TPSA) is 84.0 Å². The second kappa shape index (κ2) is 9.70. The number of benzene rings is 1. The number of aromatic nitrogens is 3. The Balaban J connectivity index is 1.67. The number of hydrogen-bond donors (Lipinski definition) is 3. The fourth-order valence-electron chi connectivity index (χ4n) is 2.42. The van der Waals surface area contributed by atoms with Crippen LogP contribution in [-0.2, 0) is 0 Å². The van der Waals surface area contributed by atoms with Crippen molar-refractivity contribution in [3.8, 4) is 5.75 Å². The molecule has 2 aromatic heterocycles.